The van der Waals surface area contributed by atoms with Crippen LogP contribution in [0.3, 0.4) is 0 Å². The normalized spacial score (nSPS) is 11.5. The first kappa shape index (κ1) is 21.8. The molecule has 30 heavy (non-hydrogen) atoms. The number of carbonyl (C=O) groups is 1. The minimum absolute atomic E-state index is 0.0566. The molecule has 1 heterocycles. The highest BCUT2D eigenvalue weighted by molar-refractivity contribution is 7.71. The van der Waals surface area contributed by atoms with Gasteiger partial charge in [0.15, 0.2) is 10.6 Å². The number of rotatable bonds is 6. The number of nitrogens with zero attached hydrogens (tertiary/aromatic N) is 3. The van der Waals surface area contributed by atoms with Gasteiger partial charge in [0.25, 0.3) is 0 Å². The molecule has 5 nitrogen and oxygen atoms in total. The van der Waals surface area contributed by atoms with E-state index in [9.17, 15) is 18.0 Å². The van der Waals surface area contributed by atoms with Crippen LogP contribution in [0.15, 0.2) is 48.5 Å². The molecule has 0 spiro atoms. The van der Waals surface area contributed by atoms with Gasteiger partial charge in [0.05, 0.1) is 5.56 Å². The summed E-state index contributed by atoms with van der Waals surface area (Å²) in [5.74, 6) is 0.322. The highest BCUT2D eigenvalue weighted by Gasteiger charge is 2.33. The number of aryl methyl sites for hydroxylation is 1. The van der Waals surface area contributed by atoms with E-state index in [2.05, 4.69) is 10.2 Å². The van der Waals surface area contributed by atoms with Crippen molar-refractivity contribution in [3.8, 4) is 11.4 Å². The van der Waals surface area contributed by atoms with Gasteiger partial charge < -0.3 is 4.90 Å². The molecule has 1 aromatic heterocycles. The fourth-order valence-electron chi connectivity index (χ4n) is 3.12. The van der Waals surface area contributed by atoms with Crippen LogP contribution < -0.4 is 0 Å². The zero-order valence-electron chi connectivity index (χ0n) is 16.5. The molecule has 0 aliphatic rings. The lowest BCUT2D eigenvalue weighted by Gasteiger charge is -2.20. The van der Waals surface area contributed by atoms with Crippen molar-refractivity contribution >= 4 is 18.1 Å². The monoisotopic (exact) mass is 434 g/mol. The Balaban J connectivity index is 1.71. The van der Waals surface area contributed by atoms with Gasteiger partial charge in [0.1, 0.15) is 0 Å². The number of hydrogen-bond acceptors (Lipinski definition) is 3. The van der Waals surface area contributed by atoms with Crippen molar-refractivity contribution in [1.29, 1.82) is 0 Å². The molecule has 0 radical (unpaired) electrons. The average molecular weight is 434 g/mol. The van der Waals surface area contributed by atoms with Gasteiger partial charge in [-0.3, -0.25) is 14.5 Å². The van der Waals surface area contributed by atoms with Crippen LogP contribution in [-0.2, 0) is 24.1 Å². The molecule has 1 N–H and O–H groups in total. The summed E-state index contributed by atoms with van der Waals surface area (Å²) in [4.78, 5) is 13.9. The van der Waals surface area contributed by atoms with Crippen molar-refractivity contribution in [3.63, 3.8) is 0 Å². The lowest BCUT2D eigenvalue weighted by atomic mass is 10.1. The standard InChI is InChI=1S/C21H21F3N4OS/c1-14-7-9-15(10-8-14)19-25-26-20(30)28(19)12-11-18(29)27(2)13-16-5-3-4-6-17(16)21(22,23)24/h3-10H,11-13H2,1-2H3,(H,26,30). The molecule has 0 saturated heterocycles. The second kappa shape index (κ2) is 8.83. The molecule has 0 saturated carbocycles. The van der Waals surface area contributed by atoms with E-state index < -0.39 is 11.7 Å². The maximum atomic E-state index is 13.2. The summed E-state index contributed by atoms with van der Waals surface area (Å²) in [7, 11) is 1.49. The van der Waals surface area contributed by atoms with E-state index in [4.69, 9.17) is 12.2 Å². The minimum Gasteiger partial charge on any atom is -0.341 e. The van der Waals surface area contributed by atoms with E-state index in [1.54, 1.807) is 4.57 Å². The fourth-order valence-corrected chi connectivity index (χ4v) is 3.35. The summed E-state index contributed by atoms with van der Waals surface area (Å²) in [5, 5.41) is 6.97. The van der Waals surface area contributed by atoms with Gasteiger partial charge in [-0.1, -0.05) is 48.0 Å². The molecule has 9 heteroatoms. The number of halogens is 3. The highest BCUT2D eigenvalue weighted by atomic mass is 32.1. The van der Waals surface area contributed by atoms with Crippen LogP contribution in [0.2, 0.25) is 0 Å². The third kappa shape index (κ3) is 4.96. The molecule has 3 aromatic rings. The quantitative estimate of drug-likeness (QED) is 0.557. The van der Waals surface area contributed by atoms with Crippen LogP contribution in [-0.4, -0.2) is 32.6 Å². The van der Waals surface area contributed by atoms with Crippen LogP contribution >= 0.6 is 12.2 Å². The summed E-state index contributed by atoms with van der Waals surface area (Å²) in [5.41, 5.74) is 1.28. The van der Waals surface area contributed by atoms with Crippen molar-refractivity contribution in [2.24, 2.45) is 0 Å². The van der Waals surface area contributed by atoms with Crippen molar-refractivity contribution in [2.45, 2.75) is 32.6 Å². The first-order valence-electron chi connectivity index (χ1n) is 9.28. The number of amides is 1. The van der Waals surface area contributed by atoms with Crippen molar-refractivity contribution < 1.29 is 18.0 Å². The topological polar surface area (TPSA) is 53.9 Å². The van der Waals surface area contributed by atoms with Gasteiger partial charge in [-0.05, 0) is 30.8 Å². The molecule has 0 aliphatic heterocycles. The molecular formula is C21H21F3N4OS. The van der Waals surface area contributed by atoms with Crippen LogP contribution in [0.4, 0.5) is 13.2 Å². The molecule has 0 unspecified atom stereocenters. The maximum absolute atomic E-state index is 13.2. The van der Waals surface area contributed by atoms with E-state index in [1.807, 2.05) is 31.2 Å². The number of benzene rings is 2. The van der Waals surface area contributed by atoms with Gasteiger partial charge in [-0.2, -0.15) is 18.3 Å². The lowest BCUT2D eigenvalue weighted by Crippen LogP contribution is -2.28. The summed E-state index contributed by atoms with van der Waals surface area (Å²) >= 11 is 5.27. The second-order valence-electron chi connectivity index (χ2n) is 7.02. The number of carbonyl (C=O) groups excluding carboxylic acids is 1. The molecule has 0 bridgehead atoms. The van der Waals surface area contributed by atoms with Crippen molar-refractivity contribution in [1.82, 2.24) is 19.7 Å². The van der Waals surface area contributed by atoms with Crippen LogP contribution in [0.5, 0.6) is 0 Å². The molecule has 3 rings (SSSR count). The van der Waals surface area contributed by atoms with E-state index in [0.717, 1.165) is 17.2 Å². The fraction of sp³-hybridized carbons (Fsp3) is 0.286. The second-order valence-corrected chi connectivity index (χ2v) is 7.41. The van der Waals surface area contributed by atoms with Crippen molar-refractivity contribution in [2.75, 3.05) is 7.05 Å². The first-order valence-corrected chi connectivity index (χ1v) is 9.69. The molecule has 0 fully saturated rings. The number of alkyl halides is 3. The SMILES string of the molecule is Cc1ccc(-c2n[nH]c(=S)n2CCC(=O)N(C)Cc2ccccc2C(F)(F)F)cc1. The Morgan fingerprint density at radius 3 is 2.50 bits per heavy atom. The van der Waals surface area contributed by atoms with Gasteiger partial charge in [0.2, 0.25) is 5.91 Å². The van der Waals surface area contributed by atoms with Gasteiger partial charge in [-0.15, -0.1) is 0 Å². The predicted octanol–water partition coefficient (Wildman–Crippen LogP) is 4.98. The third-order valence-corrected chi connectivity index (χ3v) is 5.09. The summed E-state index contributed by atoms with van der Waals surface area (Å²) in [6.07, 6.45) is -4.38. The molecular weight excluding hydrogens is 413 g/mol. The molecule has 0 aliphatic carbocycles. The van der Waals surface area contributed by atoms with Gasteiger partial charge in [-0.25, -0.2) is 0 Å². The zero-order valence-corrected chi connectivity index (χ0v) is 17.3. The molecule has 2 aromatic carbocycles. The summed E-state index contributed by atoms with van der Waals surface area (Å²) in [6, 6.07) is 13.0. The third-order valence-electron chi connectivity index (χ3n) is 4.77. The Hall–Kier alpha value is -2.94. The van der Waals surface area contributed by atoms with Gasteiger partial charge in [0, 0.05) is 32.1 Å². The van der Waals surface area contributed by atoms with E-state index in [0.29, 0.717) is 10.6 Å². The Morgan fingerprint density at radius 1 is 1.17 bits per heavy atom. The number of H-pyrrole nitrogens is 1. The minimum atomic E-state index is -4.46. The van der Waals surface area contributed by atoms with E-state index >= 15 is 0 Å². The van der Waals surface area contributed by atoms with Crippen molar-refractivity contribution in [3.05, 3.63) is 70.0 Å². The molecule has 1 amide bonds. The van der Waals surface area contributed by atoms with E-state index in [-0.39, 0.29) is 31.0 Å². The highest BCUT2D eigenvalue weighted by Crippen LogP contribution is 2.32. The Morgan fingerprint density at radius 2 is 1.83 bits per heavy atom. The smallest absolute Gasteiger partial charge is 0.341 e. The molecule has 158 valence electrons. The van der Waals surface area contributed by atoms with Crippen LogP contribution in [0, 0.1) is 11.7 Å². The largest absolute Gasteiger partial charge is 0.416 e. The number of aromatic amines is 1. The summed E-state index contributed by atoms with van der Waals surface area (Å²) in [6.45, 7) is 2.12. The number of nitrogens with one attached hydrogen (secondary N) is 1. The van der Waals surface area contributed by atoms with Crippen LogP contribution in [0.25, 0.3) is 11.4 Å². The van der Waals surface area contributed by atoms with E-state index in [1.165, 1.54) is 30.1 Å². The summed E-state index contributed by atoms with van der Waals surface area (Å²) < 4.78 is 41.6. The number of aromatic nitrogens is 3. The Bertz CT molecular complexity index is 1090. The molecule has 0 atom stereocenters. The number of hydrogen-bond donors (Lipinski definition) is 1. The Labute approximate surface area is 177 Å². The Kier molecular flexibility index (Phi) is 6.40. The first-order chi connectivity index (χ1) is 14.2. The zero-order chi connectivity index (χ0) is 21.9. The predicted molar refractivity (Wildman–Crippen MR) is 110 cm³/mol. The average Bonchev–Trinajstić information content (AvgIpc) is 3.06. The van der Waals surface area contributed by atoms with Crippen LogP contribution in [0.1, 0.15) is 23.1 Å². The lowest BCUT2D eigenvalue weighted by molar-refractivity contribution is -0.139. The van der Waals surface area contributed by atoms with Gasteiger partial charge >= 0.3 is 6.18 Å². The maximum Gasteiger partial charge on any atom is 0.416 e.